The summed E-state index contributed by atoms with van der Waals surface area (Å²) in [5.74, 6) is 0.359. The molecule has 1 amide bonds. The van der Waals surface area contributed by atoms with Crippen molar-refractivity contribution in [3.63, 3.8) is 0 Å². The topological polar surface area (TPSA) is 66.9 Å². The van der Waals surface area contributed by atoms with Crippen molar-refractivity contribution in [1.29, 1.82) is 0 Å². The number of carbonyl (C=O) groups is 1. The second kappa shape index (κ2) is 7.37. The molecule has 2 N–H and O–H groups in total. The van der Waals surface area contributed by atoms with E-state index in [1.54, 1.807) is 6.07 Å². The van der Waals surface area contributed by atoms with Gasteiger partial charge in [0.25, 0.3) is 5.91 Å². The molecule has 1 aromatic heterocycles. The number of aryl methyl sites for hydroxylation is 1. The van der Waals surface area contributed by atoms with Crippen LogP contribution in [-0.4, -0.2) is 15.9 Å². The van der Waals surface area contributed by atoms with Gasteiger partial charge >= 0.3 is 0 Å². The van der Waals surface area contributed by atoms with Crippen LogP contribution >= 0.6 is 0 Å². The Bertz CT molecular complexity index is 834. The normalized spacial score (nSPS) is 10.2. The van der Waals surface area contributed by atoms with Crippen LogP contribution in [0.3, 0.4) is 0 Å². The van der Waals surface area contributed by atoms with Crippen molar-refractivity contribution in [2.75, 3.05) is 10.6 Å². The summed E-state index contributed by atoms with van der Waals surface area (Å²) in [5.41, 5.74) is 3.24. The molecular formula is C19H18N4O. The highest BCUT2D eigenvalue weighted by atomic mass is 16.1. The highest BCUT2D eigenvalue weighted by Gasteiger charge is 2.10. The number of anilines is 2. The lowest BCUT2D eigenvalue weighted by Crippen LogP contribution is -2.15. The van der Waals surface area contributed by atoms with Gasteiger partial charge in [-0.25, -0.2) is 9.97 Å². The summed E-state index contributed by atoms with van der Waals surface area (Å²) in [4.78, 5) is 20.6. The van der Waals surface area contributed by atoms with E-state index in [0.29, 0.717) is 18.1 Å². The van der Waals surface area contributed by atoms with Gasteiger partial charge in [0.05, 0.1) is 0 Å². The van der Waals surface area contributed by atoms with Crippen molar-refractivity contribution in [3.05, 3.63) is 83.8 Å². The zero-order valence-corrected chi connectivity index (χ0v) is 13.4. The number of benzene rings is 2. The van der Waals surface area contributed by atoms with Gasteiger partial charge in [0.1, 0.15) is 17.8 Å². The van der Waals surface area contributed by atoms with Gasteiger partial charge in [-0.3, -0.25) is 4.79 Å². The molecule has 0 atom stereocenters. The van der Waals surface area contributed by atoms with Crippen LogP contribution in [0.15, 0.2) is 67.0 Å². The number of rotatable bonds is 5. The fourth-order valence-electron chi connectivity index (χ4n) is 2.27. The number of amides is 1. The fraction of sp³-hybridized carbons (Fsp3) is 0.105. The molecule has 0 radical (unpaired) electrons. The summed E-state index contributed by atoms with van der Waals surface area (Å²) in [6.07, 6.45) is 1.39. The third kappa shape index (κ3) is 3.95. The standard InChI is InChI=1S/C19H18N4O/c1-14-7-5-6-10-16(14)23-19(24)17-11-18(22-13-21-17)20-12-15-8-3-2-4-9-15/h2-11,13H,12H2,1H3,(H,23,24)(H,20,21,22). The van der Waals surface area contributed by atoms with Crippen molar-refractivity contribution in [2.24, 2.45) is 0 Å². The van der Waals surface area contributed by atoms with E-state index in [1.807, 2.05) is 61.5 Å². The predicted molar refractivity (Wildman–Crippen MR) is 94.9 cm³/mol. The van der Waals surface area contributed by atoms with Crippen LogP contribution in [0.2, 0.25) is 0 Å². The Kier molecular flexibility index (Phi) is 4.81. The zero-order valence-electron chi connectivity index (χ0n) is 13.4. The molecule has 24 heavy (non-hydrogen) atoms. The van der Waals surface area contributed by atoms with E-state index >= 15 is 0 Å². The number of para-hydroxylation sites is 1. The molecule has 0 saturated heterocycles. The average Bonchev–Trinajstić information content (AvgIpc) is 2.63. The minimum Gasteiger partial charge on any atom is -0.366 e. The van der Waals surface area contributed by atoms with Crippen molar-refractivity contribution in [1.82, 2.24) is 9.97 Å². The largest absolute Gasteiger partial charge is 0.366 e. The van der Waals surface area contributed by atoms with Crippen molar-refractivity contribution in [3.8, 4) is 0 Å². The number of hydrogen-bond donors (Lipinski definition) is 2. The molecule has 0 aliphatic carbocycles. The molecule has 1 heterocycles. The van der Waals surface area contributed by atoms with E-state index in [-0.39, 0.29) is 5.91 Å². The summed E-state index contributed by atoms with van der Waals surface area (Å²) in [5, 5.41) is 6.07. The molecule has 0 saturated carbocycles. The molecule has 5 heteroatoms. The predicted octanol–water partition coefficient (Wildman–Crippen LogP) is 3.65. The van der Waals surface area contributed by atoms with Crippen LogP contribution in [-0.2, 0) is 6.54 Å². The SMILES string of the molecule is Cc1ccccc1NC(=O)c1cc(NCc2ccccc2)ncn1. The Balaban J connectivity index is 1.68. The number of hydrogen-bond acceptors (Lipinski definition) is 4. The molecule has 5 nitrogen and oxygen atoms in total. The Labute approximate surface area is 140 Å². The minimum absolute atomic E-state index is 0.255. The molecule has 0 spiro atoms. The van der Waals surface area contributed by atoms with E-state index in [4.69, 9.17) is 0 Å². The van der Waals surface area contributed by atoms with Gasteiger partial charge in [-0.05, 0) is 24.1 Å². The zero-order chi connectivity index (χ0) is 16.8. The molecule has 3 rings (SSSR count). The van der Waals surface area contributed by atoms with E-state index in [0.717, 1.165) is 16.8 Å². The van der Waals surface area contributed by atoms with Crippen molar-refractivity contribution >= 4 is 17.4 Å². The Morgan fingerprint density at radius 2 is 1.75 bits per heavy atom. The van der Waals surface area contributed by atoms with E-state index in [1.165, 1.54) is 6.33 Å². The van der Waals surface area contributed by atoms with Crippen LogP contribution in [0, 0.1) is 6.92 Å². The molecule has 0 aliphatic heterocycles. The summed E-state index contributed by atoms with van der Waals surface area (Å²) in [6, 6.07) is 19.3. The van der Waals surface area contributed by atoms with Crippen molar-refractivity contribution < 1.29 is 4.79 Å². The number of nitrogens with zero attached hydrogens (tertiary/aromatic N) is 2. The maximum Gasteiger partial charge on any atom is 0.274 e. The average molecular weight is 318 g/mol. The van der Waals surface area contributed by atoms with E-state index in [2.05, 4.69) is 20.6 Å². The molecule has 3 aromatic rings. The van der Waals surface area contributed by atoms with Gasteiger partial charge in [-0.15, -0.1) is 0 Å². The number of carbonyl (C=O) groups excluding carboxylic acids is 1. The second-order valence-electron chi connectivity index (χ2n) is 5.40. The molecule has 2 aromatic carbocycles. The van der Waals surface area contributed by atoms with Gasteiger partial charge in [-0.2, -0.15) is 0 Å². The Morgan fingerprint density at radius 1 is 1.00 bits per heavy atom. The molecule has 0 fully saturated rings. The van der Waals surface area contributed by atoms with Gasteiger partial charge < -0.3 is 10.6 Å². The smallest absolute Gasteiger partial charge is 0.274 e. The van der Waals surface area contributed by atoms with Crippen LogP contribution in [0.1, 0.15) is 21.6 Å². The maximum atomic E-state index is 12.4. The third-order valence-corrected chi connectivity index (χ3v) is 3.61. The lowest BCUT2D eigenvalue weighted by Gasteiger charge is -2.09. The fourth-order valence-corrected chi connectivity index (χ4v) is 2.27. The van der Waals surface area contributed by atoms with Crippen LogP contribution < -0.4 is 10.6 Å². The minimum atomic E-state index is -0.255. The highest BCUT2D eigenvalue weighted by Crippen LogP contribution is 2.15. The number of nitrogens with one attached hydrogen (secondary N) is 2. The summed E-state index contributed by atoms with van der Waals surface area (Å²) in [7, 11) is 0. The van der Waals surface area contributed by atoms with Crippen molar-refractivity contribution in [2.45, 2.75) is 13.5 Å². The highest BCUT2D eigenvalue weighted by molar-refractivity contribution is 6.03. The van der Waals surface area contributed by atoms with Crippen LogP contribution in [0.4, 0.5) is 11.5 Å². The Hall–Kier alpha value is -3.21. The summed E-state index contributed by atoms with van der Waals surface area (Å²) < 4.78 is 0. The summed E-state index contributed by atoms with van der Waals surface area (Å²) >= 11 is 0. The van der Waals surface area contributed by atoms with Crippen LogP contribution in [0.25, 0.3) is 0 Å². The van der Waals surface area contributed by atoms with Gasteiger partial charge in [0, 0.05) is 18.3 Å². The van der Waals surface area contributed by atoms with Crippen LogP contribution in [0.5, 0.6) is 0 Å². The quantitative estimate of drug-likeness (QED) is 0.753. The first-order valence-corrected chi connectivity index (χ1v) is 7.69. The molecular weight excluding hydrogens is 300 g/mol. The van der Waals surface area contributed by atoms with E-state index in [9.17, 15) is 4.79 Å². The first-order chi connectivity index (χ1) is 11.7. The number of aromatic nitrogens is 2. The van der Waals surface area contributed by atoms with Gasteiger partial charge in [-0.1, -0.05) is 48.5 Å². The summed E-state index contributed by atoms with van der Waals surface area (Å²) in [6.45, 7) is 2.58. The second-order valence-corrected chi connectivity index (χ2v) is 5.40. The van der Waals surface area contributed by atoms with Gasteiger partial charge in [0.15, 0.2) is 0 Å². The Morgan fingerprint density at radius 3 is 2.54 bits per heavy atom. The maximum absolute atomic E-state index is 12.4. The molecule has 0 bridgehead atoms. The first-order valence-electron chi connectivity index (χ1n) is 7.69. The lowest BCUT2D eigenvalue weighted by atomic mass is 10.2. The lowest BCUT2D eigenvalue weighted by molar-refractivity contribution is 0.102. The first kappa shape index (κ1) is 15.7. The van der Waals surface area contributed by atoms with E-state index < -0.39 is 0 Å². The monoisotopic (exact) mass is 318 g/mol. The third-order valence-electron chi connectivity index (χ3n) is 3.61. The van der Waals surface area contributed by atoms with Gasteiger partial charge in [0.2, 0.25) is 0 Å². The molecule has 0 unspecified atom stereocenters. The molecule has 0 aliphatic rings. The molecule has 120 valence electrons.